The van der Waals surface area contributed by atoms with Crippen LogP contribution in [-0.2, 0) is 9.59 Å². The van der Waals surface area contributed by atoms with Gasteiger partial charge in [-0.15, -0.1) is 34.2 Å². The highest BCUT2D eigenvalue weighted by molar-refractivity contribution is 6.28. The number of nitrogens with one attached hydrogen (secondary N) is 3. The topological polar surface area (TPSA) is 188 Å². The second-order valence-electron chi connectivity index (χ2n) is 18.8. The van der Waals surface area contributed by atoms with Gasteiger partial charge < -0.3 is 25.8 Å². The first-order valence-electron chi connectivity index (χ1n) is 25.2. The third-order valence-corrected chi connectivity index (χ3v) is 13.9. The second kappa shape index (κ2) is 28.2. The van der Waals surface area contributed by atoms with Crippen LogP contribution in [0.2, 0.25) is 0 Å². The zero-order valence-electron chi connectivity index (χ0n) is 41.0. The van der Waals surface area contributed by atoms with E-state index >= 15 is 0 Å². The molecule has 0 radical (unpaired) electrons. The van der Waals surface area contributed by atoms with Crippen LogP contribution in [0.1, 0.15) is 51.4 Å². The lowest BCUT2D eigenvalue weighted by atomic mass is 10.0. The number of piperidine rings is 2. The molecule has 4 aromatic rings. The summed E-state index contributed by atoms with van der Waals surface area (Å²) in [4.78, 5) is 53.8. The molecule has 18 nitrogen and oxygen atoms in total. The van der Waals surface area contributed by atoms with E-state index in [1.54, 1.807) is 36.7 Å². The van der Waals surface area contributed by atoms with Crippen molar-refractivity contribution >= 4 is 59.1 Å². The van der Waals surface area contributed by atoms with Gasteiger partial charge in [-0.3, -0.25) is 34.3 Å². The van der Waals surface area contributed by atoms with Crippen LogP contribution >= 0.6 is 24.0 Å². The monoisotopic (exact) mass is 1030 g/mol. The summed E-state index contributed by atoms with van der Waals surface area (Å²) in [5.74, 6) is 1.40. The van der Waals surface area contributed by atoms with E-state index in [2.05, 4.69) is 80.8 Å². The van der Waals surface area contributed by atoms with Crippen molar-refractivity contribution in [3.63, 3.8) is 0 Å². The van der Waals surface area contributed by atoms with Crippen LogP contribution in [0.15, 0.2) is 70.9 Å². The maximum Gasteiger partial charge on any atom is 0.245 e. The van der Waals surface area contributed by atoms with Gasteiger partial charge in [-0.25, -0.2) is 18.7 Å². The van der Waals surface area contributed by atoms with E-state index in [1.165, 1.54) is 48.5 Å². The normalized spacial score (nSPS) is 19.2. The Labute approximate surface area is 432 Å². The van der Waals surface area contributed by atoms with Crippen LogP contribution < -0.4 is 25.8 Å². The van der Waals surface area contributed by atoms with Crippen LogP contribution in [0.25, 0.3) is 22.5 Å². The minimum absolute atomic E-state index is 0. The summed E-state index contributed by atoms with van der Waals surface area (Å²) in [7, 11) is 0. The summed E-state index contributed by atoms with van der Waals surface area (Å²) in [6.07, 6.45) is 11.8. The van der Waals surface area contributed by atoms with E-state index in [9.17, 15) is 18.4 Å². The maximum atomic E-state index is 13.2. The molecule has 0 spiro atoms. The Kier molecular flexibility index (Phi) is 21.3. The van der Waals surface area contributed by atoms with Gasteiger partial charge in [0.25, 0.3) is 0 Å². The molecule has 10 rings (SSSR count). The van der Waals surface area contributed by atoms with Crippen LogP contribution in [0.5, 0.6) is 0 Å². The number of nitrogens with zero attached hydrogens (tertiary/aromatic N) is 13. The Morgan fingerprint density at radius 1 is 0.597 bits per heavy atom. The first kappa shape index (κ1) is 54.4. The van der Waals surface area contributed by atoms with Crippen LogP contribution in [0.3, 0.4) is 0 Å². The molecular weight excluding hydrogens is 966 g/mol. The van der Waals surface area contributed by atoms with Gasteiger partial charge in [0.1, 0.15) is 11.6 Å². The number of hydrogen-bond donors (Lipinski definition) is 3. The fraction of sp³-hybridized carbons (Fsp3) is 0.560. The van der Waals surface area contributed by atoms with Crippen LogP contribution in [0, 0.1) is 11.6 Å². The number of amides is 2. The molecule has 72 heavy (non-hydrogen) atoms. The van der Waals surface area contributed by atoms with Crippen molar-refractivity contribution in [2.24, 2.45) is 9.98 Å². The summed E-state index contributed by atoms with van der Waals surface area (Å²) >= 11 is 5.48. The molecule has 4 fully saturated rings. The fourth-order valence-corrected chi connectivity index (χ4v) is 9.66. The maximum absolute atomic E-state index is 13.2. The summed E-state index contributed by atoms with van der Waals surface area (Å²) in [5, 5.41) is 26.2. The Morgan fingerprint density at radius 2 is 1.04 bits per heavy atom. The number of halogens is 4. The van der Waals surface area contributed by atoms with Gasteiger partial charge in [-0.2, -0.15) is 10.2 Å². The molecule has 3 N–H and O–H groups in total. The number of piperazine rings is 2. The number of aromatic nitrogens is 6. The molecule has 0 aliphatic carbocycles. The summed E-state index contributed by atoms with van der Waals surface area (Å²) in [6, 6.07) is 12.9. The molecule has 0 atom stereocenters. The van der Waals surface area contributed by atoms with Gasteiger partial charge in [0, 0.05) is 120 Å². The molecular formula is C50H68Cl2F2N16O2. The molecule has 0 saturated carbocycles. The van der Waals surface area contributed by atoms with Crippen molar-refractivity contribution < 1.29 is 18.4 Å². The molecule has 22 heteroatoms. The first-order chi connectivity index (χ1) is 34.7. The molecule has 2 aromatic heterocycles. The van der Waals surface area contributed by atoms with Crippen molar-refractivity contribution in [3.05, 3.63) is 72.6 Å². The first-order valence-corrected chi connectivity index (χ1v) is 25.7. The van der Waals surface area contributed by atoms with Gasteiger partial charge in [0.2, 0.25) is 23.7 Å². The quantitative estimate of drug-likeness (QED) is 0.162. The number of carbonyl (C=O) groups is 2. The number of anilines is 2. The molecule has 0 unspecified atom stereocenters. The van der Waals surface area contributed by atoms with Crippen molar-refractivity contribution in [2.45, 2.75) is 63.5 Å². The number of likely N-dealkylation sites (tertiary alicyclic amines) is 1. The van der Waals surface area contributed by atoms with E-state index in [-0.39, 0.29) is 41.9 Å². The zero-order valence-corrected chi connectivity index (χ0v) is 42.6. The third kappa shape index (κ3) is 16.8. The molecule has 388 valence electrons. The predicted octanol–water partition coefficient (Wildman–Crippen LogP) is 4.16. The Bertz CT molecular complexity index is 2370. The Morgan fingerprint density at radius 3 is 1.46 bits per heavy atom. The van der Waals surface area contributed by atoms with E-state index in [1.807, 2.05) is 0 Å². The number of alkyl halides is 1. The van der Waals surface area contributed by atoms with Crippen molar-refractivity contribution in [2.75, 3.05) is 127 Å². The van der Waals surface area contributed by atoms with E-state index in [0.717, 1.165) is 148 Å². The fourth-order valence-electron chi connectivity index (χ4n) is 9.44. The van der Waals surface area contributed by atoms with Gasteiger partial charge in [-0.05, 0) is 113 Å². The third-order valence-electron chi connectivity index (χ3n) is 13.6. The van der Waals surface area contributed by atoms with Gasteiger partial charge in [0.05, 0.1) is 42.8 Å². The van der Waals surface area contributed by atoms with Gasteiger partial charge >= 0.3 is 0 Å². The Hall–Kier alpha value is -5.38. The number of hydrogen-bond acceptors (Lipinski definition) is 16. The largest absolute Gasteiger partial charge is 0.352 e. The molecule has 6 aliphatic rings. The molecule has 6 aliphatic heterocycles. The predicted molar refractivity (Wildman–Crippen MR) is 280 cm³/mol. The molecule has 2 aromatic carbocycles. The summed E-state index contributed by atoms with van der Waals surface area (Å²) in [6.45, 7) is 13.8. The highest BCUT2D eigenvalue weighted by atomic mass is 35.5. The lowest BCUT2D eigenvalue weighted by molar-refractivity contribution is -0.124. The number of carbonyl (C=O) groups excluding carboxylic acids is 2. The van der Waals surface area contributed by atoms with Crippen LogP contribution in [-0.4, -0.2) is 198 Å². The molecule has 2 amide bonds. The lowest BCUT2D eigenvalue weighted by Gasteiger charge is -2.35. The van der Waals surface area contributed by atoms with E-state index < -0.39 is 0 Å². The number of benzene rings is 2. The lowest BCUT2D eigenvalue weighted by Crippen LogP contribution is -2.52. The van der Waals surface area contributed by atoms with Gasteiger partial charge in [-0.1, -0.05) is 0 Å². The standard InChI is InChI=1S/C25H33FN8O.C20H26FN7O.C5H8ClN.ClH/c26-20-5-3-19(4-6-20)23-16-28-31-25(30-23)34-14-12-33(13-15-34)18-24(35)29-21-7-10-32(11-8-21)17-22-2-1-9-27-22;21-16-3-1-15(2-4-16)18-13-23-26-20(25-18)28-11-9-27(10-12-28)14-19(29)24-17-5-7-22-8-6-17;6-4-5-2-1-3-7-5;/h3-6,16,21H,1-2,7-15,17-18H2,(H,29,35);1-4,13,17,22H,5-12,14H2,(H,24,29);1-4H2;1H. The van der Waals surface area contributed by atoms with E-state index in [4.69, 9.17) is 11.6 Å². The average Bonchev–Trinajstić information content (AvgIpc) is 4.14. The van der Waals surface area contributed by atoms with Crippen molar-refractivity contribution in [1.82, 2.24) is 61.0 Å². The molecule has 4 saturated heterocycles. The minimum Gasteiger partial charge on any atom is -0.352 e. The number of rotatable bonds is 13. The van der Waals surface area contributed by atoms with Gasteiger partial charge in [0.15, 0.2) is 0 Å². The SMILES string of the molecule is Cl.ClCC1=NCCC1.O=C(CN1CCN(c2nncc(-c3ccc(F)cc3)n2)CC1)NC1CCN(CC2=NCCC2)CC1.O=C(CN1CCN(c2nncc(-c3ccc(F)cc3)n2)CC1)NC1CCNCC1. The summed E-state index contributed by atoms with van der Waals surface area (Å²) < 4.78 is 26.4. The summed E-state index contributed by atoms with van der Waals surface area (Å²) in [5.41, 5.74) is 5.46. The highest BCUT2D eigenvalue weighted by Gasteiger charge is 2.26. The van der Waals surface area contributed by atoms with Crippen molar-refractivity contribution in [1.29, 1.82) is 0 Å². The minimum atomic E-state index is -0.281. The zero-order chi connectivity index (χ0) is 49.2. The average molecular weight is 1030 g/mol. The smallest absolute Gasteiger partial charge is 0.245 e. The molecule has 0 bridgehead atoms. The molecule has 8 heterocycles. The second-order valence-corrected chi connectivity index (χ2v) is 19.0. The van der Waals surface area contributed by atoms with Crippen molar-refractivity contribution in [3.8, 4) is 22.5 Å². The number of aliphatic imine (C=N–C) groups is 2. The van der Waals surface area contributed by atoms with E-state index in [0.29, 0.717) is 48.3 Å². The Balaban J connectivity index is 0.000000186. The van der Waals surface area contributed by atoms with Crippen LogP contribution in [0.4, 0.5) is 20.7 Å². The highest BCUT2D eigenvalue weighted by Crippen LogP contribution is 2.21.